The Labute approximate surface area is 130 Å². The molecule has 3 nitrogen and oxygen atoms in total. The summed E-state index contributed by atoms with van der Waals surface area (Å²) in [5, 5.41) is 9.21. The Morgan fingerprint density at radius 2 is 1.43 bits per heavy atom. The first-order valence-electron chi connectivity index (χ1n) is 8.74. The topological polar surface area (TPSA) is 54.4 Å². The lowest BCUT2D eigenvalue weighted by atomic mass is 9.92. The molecule has 0 aliphatic heterocycles. The van der Waals surface area contributed by atoms with Crippen molar-refractivity contribution in [2.45, 2.75) is 91.4 Å². The van der Waals surface area contributed by atoms with Gasteiger partial charge in [-0.3, -0.25) is 9.59 Å². The summed E-state index contributed by atoms with van der Waals surface area (Å²) in [4.78, 5) is 23.2. The molecular weight excluding hydrogens is 264 g/mol. The van der Waals surface area contributed by atoms with E-state index in [1.54, 1.807) is 0 Å². The zero-order chi connectivity index (χ0) is 16.1. The molecule has 21 heavy (non-hydrogen) atoms. The molecule has 124 valence electrons. The van der Waals surface area contributed by atoms with Crippen LogP contribution in [0.4, 0.5) is 0 Å². The zero-order valence-corrected chi connectivity index (χ0v) is 14.2. The number of carbonyl (C=O) groups excluding carboxylic acids is 1. The molecule has 0 aromatic rings. The van der Waals surface area contributed by atoms with Gasteiger partial charge in [0.2, 0.25) is 0 Å². The molecule has 0 heterocycles. The number of carboxylic acid groups (broad SMARTS) is 1. The SMILES string of the molecule is CCCCCCCCC(C(=O)O)C(=O)CCCCC(C)C. The second-order valence-electron chi connectivity index (χ2n) is 6.55. The number of carbonyl (C=O) groups is 2. The fourth-order valence-corrected chi connectivity index (χ4v) is 2.58. The van der Waals surface area contributed by atoms with Crippen molar-refractivity contribution in [3.8, 4) is 0 Å². The number of aliphatic carboxylic acids is 1. The summed E-state index contributed by atoms with van der Waals surface area (Å²) in [6, 6.07) is 0. The third kappa shape index (κ3) is 11.5. The van der Waals surface area contributed by atoms with E-state index in [1.807, 2.05) is 0 Å². The van der Waals surface area contributed by atoms with Gasteiger partial charge in [0.05, 0.1) is 0 Å². The van der Waals surface area contributed by atoms with Gasteiger partial charge >= 0.3 is 5.97 Å². The molecule has 3 heteroatoms. The lowest BCUT2D eigenvalue weighted by molar-refractivity contribution is -0.146. The second-order valence-corrected chi connectivity index (χ2v) is 6.55. The molecule has 0 aromatic carbocycles. The Morgan fingerprint density at radius 1 is 0.857 bits per heavy atom. The van der Waals surface area contributed by atoms with Crippen molar-refractivity contribution in [3.63, 3.8) is 0 Å². The van der Waals surface area contributed by atoms with Gasteiger partial charge in [-0.15, -0.1) is 0 Å². The maximum absolute atomic E-state index is 12.0. The normalized spacial score (nSPS) is 12.6. The summed E-state index contributed by atoms with van der Waals surface area (Å²) >= 11 is 0. The molecular formula is C18H34O3. The monoisotopic (exact) mass is 298 g/mol. The van der Waals surface area contributed by atoms with Gasteiger partial charge in [0.1, 0.15) is 11.7 Å². The molecule has 1 unspecified atom stereocenters. The third-order valence-electron chi connectivity index (χ3n) is 3.99. The average molecular weight is 298 g/mol. The maximum atomic E-state index is 12.0. The van der Waals surface area contributed by atoms with Crippen LogP contribution in [-0.2, 0) is 9.59 Å². The Morgan fingerprint density at radius 3 is 2.00 bits per heavy atom. The molecule has 0 aliphatic rings. The Bertz CT molecular complexity index is 284. The average Bonchev–Trinajstić information content (AvgIpc) is 2.42. The number of rotatable bonds is 14. The van der Waals surface area contributed by atoms with Gasteiger partial charge in [-0.05, 0) is 18.8 Å². The minimum Gasteiger partial charge on any atom is -0.481 e. The van der Waals surface area contributed by atoms with Crippen molar-refractivity contribution in [2.24, 2.45) is 11.8 Å². The van der Waals surface area contributed by atoms with Gasteiger partial charge in [-0.1, -0.05) is 72.1 Å². The number of unbranched alkanes of at least 4 members (excludes halogenated alkanes) is 6. The minimum atomic E-state index is -0.933. The highest BCUT2D eigenvalue weighted by Crippen LogP contribution is 2.17. The van der Waals surface area contributed by atoms with Crippen LogP contribution in [0.3, 0.4) is 0 Å². The largest absolute Gasteiger partial charge is 0.481 e. The fourth-order valence-electron chi connectivity index (χ4n) is 2.58. The first-order valence-corrected chi connectivity index (χ1v) is 8.74. The Balaban J connectivity index is 3.88. The van der Waals surface area contributed by atoms with E-state index in [2.05, 4.69) is 20.8 Å². The van der Waals surface area contributed by atoms with Crippen molar-refractivity contribution >= 4 is 11.8 Å². The molecule has 0 bridgehead atoms. The number of ketones is 1. The predicted molar refractivity (Wildman–Crippen MR) is 87.4 cm³/mol. The zero-order valence-electron chi connectivity index (χ0n) is 14.2. The highest BCUT2D eigenvalue weighted by molar-refractivity contribution is 5.98. The minimum absolute atomic E-state index is 0.0696. The van der Waals surface area contributed by atoms with Crippen LogP contribution in [0.1, 0.15) is 91.4 Å². The molecule has 1 N–H and O–H groups in total. The summed E-state index contributed by atoms with van der Waals surface area (Å²) in [5.41, 5.74) is 0. The van der Waals surface area contributed by atoms with Crippen LogP contribution in [0.15, 0.2) is 0 Å². The van der Waals surface area contributed by atoms with E-state index in [9.17, 15) is 14.7 Å². The lowest BCUT2D eigenvalue weighted by Crippen LogP contribution is -2.23. The van der Waals surface area contributed by atoms with Crippen molar-refractivity contribution in [2.75, 3.05) is 0 Å². The molecule has 0 saturated carbocycles. The summed E-state index contributed by atoms with van der Waals surface area (Å²) in [5.74, 6) is -1.12. The van der Waals surface area contributed by atoms with Gasteiger partial charge in [-0.25, -0.2) is 0 Å². The van der Waals surface area contributed by atoms with E-state index in [1.165, 1.54) is 19.3 Å². The van der Waals surface area contributed by atoms with Crippen LogP contribution >= 0.6 is 0 Å². The Hall–Kier alpha value is -0.860. The highest BCUT2D eigenvalue weighted by Gasteiger charge is 2.24. The fraction of sp³-hybridized carbons (Fsp3) is 0.889. The van der Waals surface area contributed by atoms with E-state index in [-0.39, 0.29) is 5.78 Å². The summed E-state index contributed by atoms with van der Waals surface area (Å²) in [6.07, 6.45) is 10.7. The van der Waals surface area contributed by atoms with E-state index in [0.717, 1.165) is 38.5 Å². The van der Waals surface area contributed by atoms with E-state index < -0.39 is 11.9 Å². The second kappa shape index (κ2) is 12.8. The number of hydrogen-bond acceptors (Lipinski definition) is 2. The van der Waals surface area contributed by atoms with Crippen LogP contribution in [-0.4, -0.2) is 16.9 Å². The van der Waals surface area contributed by atoms with Gasteiger partial charge < -0.3 is 5.11 Å². The molecule has 0 saturated heterocycles. The maximum Gasteiger partial charge on any atom is 0.314 e. The molecule has 0 aromatic heterocycles. The molecule has 1 atom stereocenters. The molecule has 0 radical (unpaired) electrons. The summed E-state index contributed by atoms with van der Waals surface area (Å²) in [7, 11) is 0. The van der Waals surface area contributed by atoms with Gasteiger partial charge in [0.15, 0.2) is 0 Å². The Kier molecular flexibility index (Phi) is 12.3. The van der Waals surface area contributed by atoms with Crippen LogP contribution in [0.25, 0.3) is 0 Å². The molecule has 0 rings (SSSR count). The standard InChI is InChI=1S/C18H34O3/c1-4-5-6-7-8-9-13-16(18(20)21)17(19)14-11-10-12-15(2)3/h15-16H,4-14H2,1-3H3,(H,20,21). The van der Waals surface area contributed by atoms with Gasteiger partial charge in [-0.2, -0.15) is 0 Å². The molecule has 0 amide bonds. The lowest BCUT2D eigenvalue weighted by Gasteiger charge is -2.11. The van der Waals surface area contributed by atoms with E-state index >= 15 is 0 Å². The highest BCUT2D eigenvalue weighted by atomic mass is 16.4. The van der Waals surface area contributed by atoms with Crippen molar-refractivity contribution in [1.29, 1.82) is 0 Å². The van der Waals surface area contributed by atoms with Crippen LogP contribution in [0, 0.1) is 11.8 Å². The smallest absolute Gasteiger partial charge is 0.314 e. The van der Waals surface area contributed by atoms with Crippen LogP contribution in [0.5, 0.6) is 0 Å². The van der Waals surface area contributed by atoms with E-state index in [4.69, 9.17) is 0 Å². The first kappa shape index (κ1) is 20.1. The molecule has 0 fully saturated rings. The predicted octanol–water partition coefficient (Wildman–Crippen LogP) is 5.22. The van der Waals surface area contributed by atoms with Gasteiger partial charge in [0.25, 0.3) is 0 Å². The molecule has 0 aliphatic carbocycles. The first-order chi connectivity index (χ1) is 9.99. The van der Waals surface area contributed by atoms with Gasteiger partial charge in [0, 0.05) is 6.42 Å². The van der Waals surface area contributed by atoms with Crippen LogP contribution in [0.2, 0.25) is 0 Å². The quantitative estimate of drug-likeness (QED) is 0.353. The summed E-state index contributed by atoms with van der Waals surface area (Å²) in [6.45, 7) is 6.51. The van der Waals surface area contributed by atoms with Crippen molar-refractivity contribution < 1.29 is 14.7 Å². The van der Waals surface area contributed by atoms with Crippen molar-refractivity contribution in [3.05, 3.63) is 0 Å². The van der Waals surface area contributed by atoms with Crippen molar-refractivity contribution in [1.82, 2.24) is 0 Å². The number of hydrogen-bond donors (Lipinski definition) is 1. The van der Waals surface area contributed by atoms with Crippen LogP contribution < -0.4 is 0 Å². The van der Waals surface area contributed by atoms with E-state index in [0.29, 0.717) is 18.8 Å². The third-order valence-corrected chi connectivity index (χ3v) is 3.99. The molecule has 0 spiro atoms. The number of carboxylic acids is 1. The summed E-state index contributed by atoms with van der Waals surface area (Å²) < 4.78 is 0. The number of Topliss-reactive ketones (excluding diaryl/α,β-unsaturated/α-hetero) is 1.